The summed E-state index contributed by atoms with van der Waals surface area (Å²) in [7, 11) is 0. The molecule has 1 aromatic carbocycles. The zero-order chi connectivity index (χ0) is 11.5. The van der Waals surface area contributed by atoms with Crippen molar-refractivity contribution in [1.82, 2.24) is 4.98 Å². The summed E-state index contributed by atoms with van der Waals surface area (Å²) in [5.41, 5.74) is 8.70. The Labute approximate surface area is 100 Å². The summed E-state index contributed by atoms with van der Waals surface area (Å²) >= 11 is 6.16. The zero-order valence-corrected chi connectivity index (χ0v) is 10.1. The number of pyridine rings is 1. The third-order valence-electron chi connectivity index (χ3n) is 2.62. The van der Waals surface area contributed by atoms with Crippen LogP contribution in [0.3, 0.4) is 0 Å². The van der Waals surface area contributed by atoms with Gasteiger partial charge in [0.15, 0.2) is 0 Å². The molecule has 0 aliphatic heterocycles. The van der Waals surface area contributed by atoms with E-state index in [-0.39, 0.29) is 0 Å². The van der Waals surface area contributed by atoms with E-state index in [0.717, 1.165) is 41.0 Å². The third kappa shape index (κ3) is 2.34. The summed E-state index contributed by atoms with van der Waals surface area (Å²) in [6, 6.07) is 8.13. The van der Waals surface area contributed by atoms with Gasteiger partial charge in [-0.3, -0.25) is 4.98 Å². The molecule has 0 aliphatic rings. The van der Waals surface area contributed by atoms with Gasteiger partial charge in [-0.2, -0.15) is 0 Å². The van der Waals surface area contributed by atoms with E-state index in [1.165, 1.54) is 5.56 Å². The first kappa shape index (κ1) is 11.4. The molecule has 0 fully saturated rings. The summed E-state index contributed by atoms with van der Waals surface area (Å²) in [4.78, 5) is 4.49. The third-order valence-corrected chi connectivity index (χ3v) is 2.93. The first-order chi connectivity index (χ1) is 7.70. The van der Waals surface area contributed by atoms with E-state index in [1.807, 2.05) is 19.1 Å². The Bertz CT molecular complexity index is 509. The van der Waals surface area contributed by atoms with Gasteiger partial charge in [-0.15, -0.1) is 0 Å². The van der Waals surface area contributed by atoms with Gasteiger partial charge in [0.2, 0.25) is 0 Å². The lowest BCUT2D eigenvalue weighted by Crippen LogP contribution is -2.00. The Kier molecular flexibility index (Phi) is 3.42. The van der Waals surface area contributed by atoms with Crippen LogP contribution in [0.2, 0.25) is 5.02 Å². The monoisotopic (exact) mass is 234 g/mol. The highest BCUT2D eigenvalue weighted by Crippen LogP contribution is 2.24. The van der Waals surface area contributed by atoms with Gasteiger partial charge in [0, 0.05) is 11.1 Å². The van der Waals surface area contributed by atoms with Gasteiger partial charge in [-0.05, 0) is 44.0 Å². The van der Waals surface area contributed by atoms with E-state index < -0.39 is 0 Å². The summed E-state index contributed by atoms with van der Waals surface area (Å²) in [5.74, 6) is 0. The quantitative estimate of drug-likeness (QED) is 0.887. The Morgan fingerprint density at radius 3 is 2.88 bits per heavy atom. The maximum Gasteiger partial charge on any atom is 0.0722 e. The number of halogens is 1. The standard InChI is InChI=1S/C13H15ClN2/c1-9-7-12(14)11-5-4-10(3-2-6-15)8-13(11)16-9/h4-5,7-8H,2-3,6,15H2,1H3. The Morgan fingerprint density at radius 1 is 1.31 bits per heavy atom. The number of hydrogen-bond acceptors (Lipinski definition) is 2. The lowest BCUT2D eigenvalue weighted by molar-refractivity contribution is 0.833. The van der Waals surface area contributed by atoms with Crippen molar-refractivity contribution >= 4 is 22.5 Å². The van der Waals surface area contributed by atoms with Gasteiger partial charge in [-0.1, -0.05) is 23.7 Å². The van der Waals surface area contributed by atoms with Gasteiger partial charge in [0.05, 0.1) is 10.5 Å². The van der Waals surface area contributed by atoms with Crippen LogP contribution in [0.5, 0.6) is 0 Å². The molecule has 0 aliphatic carbocycles. The number of nitrogens with zero attached hydrogens (tertiary/aromatic N) is 1. The fourth-order valence-electron chi connectivity index (χ4n) is 1.82. The van der Waals surface area contributed by atoms with Crippen LogP contribution < -0.4 is 5.73 Å². The highest BCUT2D eigenvalue weighted by molar-refractivity contribution is 6.35. The van der Waals surface area contributed by atoms with Crippen molar-refractivity contribution in [3.8, 4) is 0 Å². The number of fused-ring (bicyclic) bond motifs is 1. The summed E-state index contributed by atoms with van der Waals surface area (Å²) in [6.45, 7) is 2.68. The van der Waals surface area contributed by atoms with Crippen molar-refractivity contribution < 1.29 is 0 Å². The molecule has 0 bridgehead atoms. The van der Waals surface area contributed by atoms with Crippen LogP contribution in [0.1, 0.15) is 17.7 Å². The second kappa shape index (κ2) is 4.81. The molecular formula is C13H15ClN2. The summed E-state index contributed by atoms with van der Waals surface area (Å²) in [5, 5.41) is 1.79. The average Bonchev–Trinajstić information content (AvgIpc) is 2.25. The lowest BCUT2D eigenvalue weighted by atomic mass is 10.1. The molecule has 0 amide bonds. The van der Waals surface area contributed by atoms with E-state index >= 15 is 0 Å². The van der Waals surface area contributed by atoms with Crippen LogP contribution in [0.25, 0.3) is 10.9 Å². The molecular weight excluding hydrogens is 220 g/mol. The normalized spacial score (nSPS) is 10.9. The highest BCUT2D eigenvalue weighted by atomic mass is 35.5. The second-order valence-electron chi connectivity index (χ2n) is 3.99. The van der Waals surface area contributed by atoms with Crippen molar-refractivity contribution in [2.75, 3.05) is 6.54 Å². The molecule has 0 atom stereocenters. The molecule has 2 rings (SSSR count). The van der Waals surface area contributed by atoms with E-state index in [4.69, 9.17) is 17.3 Å². The minimum Gasteiger partial charge on any atom is -0.330 e. The van der Waals surface area contributed by atoms with Crippen LogP contribution >= 0.6 is 11.6 Å². The Balaban J connectivity index is 2.45. The minimum absolute atomic E-state index is 0.722. The van der Waals surface area contributed by atoms with Crippen LogP contribution in [-0.4, -0.2) is 11.5 Å². The molecule has 16 heavy (non-hydrogen) atoms. The lowest BCUT2D eigenvalue weighted by Gasteiger charge is -2.05. The van der Waals surface area contributed by atoms with Crippen LogP contribution in [0.15, 0.2) is 24.3 Å². The molecule has 0 saturated carbocycles. The van der Waals surface area contributed by atoms with E-state index in [1.54, 1.807) is 0 Å². The molecule has 2 aromatic rings. The maximum absolute atomic E-state index is 6.16. The number of hydrogen-bond donors (Lipinski definition) is 1. The second-order valence-corrected chi connectivity index (χ2v) is 4.40. The highest BCUT2D eigenvalue weighted by Gasteiger charge is 2.03. The average molecular weight is 235 g/mol. The first-order valence-electron chi connectivity index (χ1n) is 5.46. The van der Waals surface area contributed by atoms with Crippen LogP contribution in [0, 0.1) is 6.92 Å². The number of aryl methyl sites for hydroxylation is 2. The molecule has 2 nitrogen and oxygen atoms in total. The molecule has 0 radical (unpaired) electrons. The fraction of sp³-hybridized carbons (Fsp3) is 0.308. The van der Waals surface area contributed by atoms with Crippen LogP contribution in [0.4, 0.5) is 0 Å². The molecule has 2 N–H and O–H groups in total. The first-order valence-corrected chi connectivity index (χ1v) is 5.84. The van der Waals surface area contributed by atoms with Gasteiger partial charge in [0.25, 0.3) is 0 Å². The SMILES string of the molecule is Cc1cc(Cl)c2ccc(CCCN)cc2n1. The van der Waals surface area contributed by atoms with Crippen molar-refractivity contribution in [1.29, 1.82) is 0 Å². The van der Waals surface area contributed by atoms with Crippen molar-refractivity contribution in [2.45, 2.75) is 19.8 Å². The number of nitrogens with two attached hydrogens (primary N) is 1. The van der Waals surface area contributed by atoms with Crippen LogP contribution in [-0.2, 0) is 6.42 Å². The van der Waals surface area contributed by atoms with Crippen molar-refractivity contribution in [2.24, 2.45) is 5.73 Å². The molecule has 1 aromatic heterocycles. The van der Waals surface area contributed by atoms with Gasteiger partial charge < -0.3 is 5.73 Å². The number of rotatable bonds is 3. The van der Waals surface area contributed by atoms with E-state index in [2.05, 4.69) is 17.1 Å². The van der Waals surface area contributed by atoms with E-state index in [9.17, 15) is 0 Å². The topological polar surface area (TPSA) is 38.9 Å². The Morgan fingerprint density at radius 2 is 2.12 bits per heavy atom. The van der Waals surface area contributed by atoms with Gasteiger partial charge >= 0.3 is 0 Å². The predicted molar refractivity (Wildman–Crippen MR) is 68.9 cm³/mol. The maximum atomic E-state index is 6.16. The summed E-state index contributed by atoms with van der Waals surface area (Å²) < 4.78 is 0. The number of benzene rings is 1. The smallest absolute Gasteiger partial charge is 0.0722 e. The molecule has 3 heteroatoms. The molecule has 0 saturated heterocycles. The fourth-order valence-corrected chi connectivity index (χ4v) is 2.13. The largest absolute Gasteiger partial charge is 0.330 e. The molecule has 84 valence electrons. The van der Waals surface area contributed by atoms with Crippen molar-refractivity contribution in [3.05, 3.63) is 40.5 Å². The zero-order valence-electron chi connectivity index (χ0n) is 9.33. The van der Waals surface area contributed by atoms with Gasteiger partial charge in [0.1, 0.15) is 0 Å². The van der Waals surface area contributed by atoms with Crippen molar-refractivity contribution in [3.63, 3.8) is 0 Å². The molecule has 0 unspecified atom stereocenters. The summed E-state index contributed by atoms with van der Waals surface area (Å²) in [6.07, 6.45) is 2.00. The molecule has 1 heterocycles. The minimum atomic E-state index is 0.722. The molecule has 0 spiro atoms. The predicted octanol–water partition coefficient (Wildman–Crippen LogP) is 3.09. The van der Waals surface area contributed by atoms with E-state index in [0.29, 0.717) is 0 Å². The Hall–Kier alpha value is -1.12. The number of aromatic nitrogens is 1. The van der Waals surface area contributed by atoms with Gasteiger partial charge in [-0.25, -0.2) is 0 Å².